The molecule has 4 heteroatoms. The number of benzene rings is 1. The number of hydrogen-bond acceptors (Lipinski definition) is 3. The summed E-state index contributed by atoms with van der Waals surface area (Å²) in [6.07, 6.45) is 6.45. The summed E-state index contributed by atoms with van der Waals surface area (Å²) in [4.78, 5) is 5.60. The molecular formula is C15H17N3S. The van der Waals surface area contributed by atoms with Gasteiger partial charge in [0.2, 0.25) is 0 Å². The first-order valence-electron chi connectivity index (χ1n) is 6.59. The quantitative estimate of drug-likeness (QED) is 0.761. The smallest absolute Gasteiger partial charge is 0.193 e. The number of nitrogens with one attached hydrogen (secondary N) is 1. The van der Waals surface area contributed by atoms with Gasteiger partial charge in [-0.15, -0.1) is 11.3 Å². The van der Waals surface area contributed by atoms with Gasteiger partial charge in [0.1, 0.15) is 0 Å². The van der Waals surface area contributed by atoms with Gasteiger partial charge in [-0.05, 0) is 24.1 Å². The molecule has 2 aromatic heterocycles. The summed E-state index contributed by atoms with van der Waals surface area (Å²) in [5.41, 5.74) is 3.62. The summed E-state index contributed by atoms with van der Waals surface area (Å²) in [5, 5.41) is 5.46. The minimum absolute atomic E-state index is 0.765. The van der Waals surface area contributed by atoms with E-state index in [4.69, 9.17) is 0 Å². The first-order valence-corrected chi connectivity index (χ1v) is 7.47. The number of thiazole rings is 1. The second kappa shape index (κ2) is 5.45. The molecule has 0 unspecified atom stereocenters. The molecule has 0 saturated carbocycles. The van der Waals surface area contributed by atoms with Gasteiger partial charge in [-0.3, -0.25) is 4.40 Å². The molecule has 19 heavy (non-hydrogen) atoms. The lowest BCUT2D eigenvalue weighted by Crippen LogP contribution is -1.99. The highest BCUT2D eigenvalue weighted by Crippen LogP contribution is 2.14. The van der Waals surface area contributed by atoms with E-state index in [1.807, 2.05) is 11.6 Å². The van der Waals surface area contributed by atoms with Crippen LogP contribution in [0.15, 0.2) is 42.0 Å². The fourth-order valence-electron chi connectivity index (χ4n) is 2.13. The monoisotopic (exact) mass is 271 g/mol. The molecule has 2 heterocycles. The lowest BCUT2D eigenvalue weighted by molar-refractivity contribution is 0.922. The molecule has 1 N–H and O–H groups in total. The minimum atomic E-state index is 0.765. The van der Waals surface area contributed by atoms with Crippen molar-refractivity contribution in [2.75, 3.05) is 5.32 Å². The van der Waals surface area contributed by atoms with Crippen molar-refractivity contribution >= 4 is 22.0 Å². The fourth-order valence-corrected chi connectivity index (χ4v) is 2.85. The highest BCUT2D eigenvalue weighted by molar-refractivity contribution is 7.15. The van der Waals surface area contributed by atoms with Crippen LogP contribution in [0.5, 0.6) is 0 Å². The second-order valence-electron chi connectivity index (χ2n) is 4.63. The third-order valence-electron chi connectivity index (χ3n) is 3.11. The zero-order valence-corrected chi connectivity index (χ0v) is 11.8. The summed E-state index contributed by atoms with van der Waals surface area (Å²) < 4.78 is 2.06. The molecule has 0 saturated heterocycles. The lowest BCUT2D eigenvalue weighted by Gasteiger charge is -2.05. The van der Waals surface area contributed by atoms with Crippen LogP contribution in [0.3, 0.4) is 0 Å². The third kappa shape index (κ3) is 2.79. The maximum Gasteiger partial charge on any atom is 0.193 e. The molecule has 3 nitrogen and oxygen atoms in total. The first kappa shape index (κ1) is 12.2. The molecule has 0 aliphatic carbocycles. The normalized spacial score (nSPS) is 11.0. The van der Waals surface area contributed by atoms with Crippen LogP contribution in [-0.4, -0.2) is 9.38 Å². The Hall–Kier alpha value is -1.81. The topological polar surface area (TPSA) is 29.3 Å². The number of aromatic nitrogens is 2. The molecule has 3 rings (SSSR count). The molecule has 1 aromatic carbocycles. The fraction of sp³-hybridized carbons (Fsp3) is 0.267. The Bertz CT molecular complexity index is 623. The van der Waals surface area contributed by atoms with Gasteiger partial charge in [-0.1, -0.05) is 25.5 Å². The van der Waals surface area contributed by atoms with Crippen LogP contribution in [0.2, 0.25) is 0 Å². The third-order valence-corrected chi connectivity index (χ3v) is 3.88. The average Bonchev–Trinajstić information content (AvgIpc) is 2.99. The number of imidazole rings is 1. The van der Waals surface area contributed by atoms with Crippen molar-refractivity contribution in [1.29, 1.82) is 0 Å². The Morgan fingerprint density at radius 2 is 2.11 bits per heavy atom. The molecular weight excluding hydrogens is 254 g/mol. The molecule has 0 spiro atoms. The Morgan fingerprint density at radius 3 is 2.84 bits per heavy atom. The van der Waals surface area contributed by atoms with Crippen LogP contribution in [0.25, 0.3) is 4.96 Å². The van der Waals surface area contributed by atoms with Gasteiger partial charge in [-0.2, -0.15) is 0 Å². The van der Waals surface area contributed by atoms with E-state index in [1.165, 1.54) is 12.0 Å². The van der Waals surface area contributed by atoms with Gasteiger partial charge in [0.15, 0.2) is 4.96 Å². The Kier molecular flexibility index (Phi) is 3.51. The van der Waals surface area contributed by atoms with Crippen LogP contribution >= 0.6 is 11.3 Å². The number of anilines is 1. The van der Waals surface area contributed by atoms with Gasteiger partial charge < -0.3 is 5.32 Å². The van der Waals surface area contributed by atoms with E-state index < -0.39 is 0 Å². The zero-order chi connectivity index (χ0) is 13.1. The summed E-state index contributed by atoms with van der Waals surface area (Å²) in [6, 6.07) is 8.67. The van der Waals surface area contributed by atoms with Crippen molar-refractivity contribution < 1.29 is 0 Å². The standard InChI is InChI=1S/C15H17N3S/c1-2-3-12-4-6-13(7-5-12)16-10-14-11-18-8-9-19-15(18)17-14/h4-9,11,16H,2-3,10H2,1H3. The first-order chi connectivity index (χ1) is 9.35. The Labute approximate surface area is 116 Å². The highest BCUT2D eigenvalue weighted by atomic mass is 32.1. The van der Waals surface area contributed by atoms with E-state index in [2.05, 4.69) is 52.1 Å². The summed E-state index contributed by atoms with van der Waals surface area (Å²) in [7, 11) is 0. The predicted octanol–water partition coefficient (Wildman–Crippen LogP) is 3.96. The molecule has 0 fully saturated rings. The molecule has 0 bridgehead atoms. The van der Waals surface area contributed by atoms with Gasteiger partial charge >= 0.3 is 0 Å². The number of aryl methyl sites for hydroxylation is 1. The number of fused-ring (bicyclic) bond motifs is 1. The maximum absolute atomic E-state index is 4.55. The van der Waals surface area contributed by atoms with E-state index in [0.717, 1.165) is 29.3 Å². The van der Waals surface area contributed by atoms with E-state index in [9.17, 15) is 0 Å². The van der Waals surface area contributed by atoms with Gasteiger partial charge in [-0.25, -0.2) is 4.98 Å². The molecule has 0 aliphatic heterocycles. The van der Waals surface area contributed by atoms with Crippen LogP contribution in [-0.2, 0) is 13.0 Å². The number of nitrogens with zero attached hydrogens (tertiary/aromatic N) is 2. The van der Waals surface area contributed by atoms with Crippen LogP contribution < -0.4 is 5.32 Å². The average molecular weight is 271 g/mol. The zero-order valence-electron chi connectivity index (χ0n) is 11.0. The number of rotatable bonds is 5. The largest absolute Gasteiger partial charge is 0.379 e. The molecule has 0 aliphatic rings. The maximum atomic E-state index is 4.55. The van der Waals surface area contributed by atoms with Crippen molar-refractivity contribution in [3.05, 3.63) is 53.3 Å². The SMILES string of the molecule is CCCc1ccc(NCc2cn3ccsc3n2)cc1. The lowest BCUT2D eigenvalue weighted by atomic mass is 10.1. The Balaban J connectivity index is 1.63. The number of hydrogen-bond donors (Lipinski definition) is 1. The van der Waals surface area contributed by atoms with Crippen LogP contribution in [0.4, 0.5) is 5.69 Å². The summed E-state index contributed by atoms with van der Waals surface area (Å²) in [5.74, 6) is 0. The van der Waals surface area contributed by atoms with E-state index in [0.29, 0.717) is 0 Å². The minimum Gasteiger partial charge on any atom is -0.379 e. The molecule has 0 amide bonds. The summed E-state index contributed by atoms with van der Waals surface area (Å²) in [6.45, 7) is 2.97. The van der Waals surface area contributed by atoms with E-state index in [-0.39, 0.29) is 0 Å². The van der Waals surface area contributed by atoms with Crippen molar-refractivity contribution in [2.45, 2.75) is 26.3 Å². The van der Waals surface area contributed by atoms with E-state index in [1.54, 1.807) is 11.3 Å². The van der Waals surface area contributed by atoms with Gasteiger partial charge in [0.05, 0.1) is 12.2 Å². The van der Waals surface area contributed by atoms with Crippen molar-refractivity contribution in [2.24, 2.45) is 0 Å². The second-order valence-corrected chi connectivity index (χ2v) is 5.50. The van der Waals surface area contributed by atoms with Crippen molar-refractivity contribution in [3.63, 3.8) is 0 Å². The van der Waals surface area contributed by atoms with Crippen molar-refractivity contribution in [3.8, 4) is 0 Å². The van der Waals surface area contributed by atoms with E-state index >= 15 is 0 Å². The molecule has 98 valence electrons. The van der Waals surface area contributed by atoms with Gasteiger partial charge in [0, 0.05) is 23.5 Å². The molecule has 0 atom stereocenters. The van der Waals surface area contributed by atoms with Crippen LogP contribution in [0.1, 0.15) is 24.6 Å². The van der Waals surface area contributed by atoms with Crippen molar-refractivity contribution in [1.82, 2.24) is 9.38 Å². The molecule has 0 radical (unpaired) electrons. The highest BCUT2D eigenvalue weighted by Gasteiger charge is 2.02. The Morgan fingerprint density at radius 1 is 1.26 bits per heavy atom. The van der Waals surface area contributed by atoms with Crippen LogP contribution in [0, 0.1) is 0 Å². The summed E-state index contributed by atoms with van der Waals surface area (Å²) >= 11 is 1.66. The predicted molar refractivity (Wildman–Crippen MR) is 80.8 cm³/mol. The van der Waals surface area contributed by atoms with Gasteiger partial charge in [0.25, 0.3) is 0 Å². The molecule has 3 aromatic rings.